The van der Waals surface area contributed by atoms with Crippen molar-refractivity contribution in [2.45, 2.75) is 39.3 Å². The molecule has 84 valence electrons. The van der Waals surface area contributed by atoms with E-state index in [1.807, 2.05) is 32.0 Å². The standard InChI is InChI=1S/C12H15F3/c1-9-5-6-11(10(2)8-9)4-3-7-12(13,14)15/h5-6,8H,3-4,7H2,1-2H3. The number of rotatable bonds is 3. The molecule has 0 saturated heterocycles. The van der Waals surface area contributed by atoms with Crippen LogP contribution in [0.5, 0.6) is 0 Å². The zero-order valence-electron chi connectivity index (χ0n) is 8.99. The highest BCUT2D eigenvalue weighted by Crippen LogP contribution is 2.23. The van der Waals surface area contributed by atoms with Gasteiger partial charge < -0.3 is 0 Å². The summed E-state index contributed by atoms with van der Waals surface area (Å²) in [6, 6.07) is 5.86. The Bertz CT molecular complexity index is 326. The first-order chi connectivity index (χ1) is 6.88. The van der Waals surface area contributed by atoms with Crippen LogP contribution in [0.3, 0.4) is 0 Å². The number of alkyl halides is 3. The Morgan fingerprint density at radius 2 is 1.80 bits per heavy atom. The molecule has 15 heavy (non-hydrogen) atoms. The molecule has 0 radical (unpaired) electrons. The molecule has 0 unspecified atom stereocenters. The molecule has 0 aliphatic carbocycles. The third kappa shape index (κ3) is 4.36. The molecule has 0 amide bonds. The van der Waals surface area contributed by atoms with Gasteiger partial charge in [0.05, 0.1) is 0 Å². The Morgan fingerprint density at radius 1 is 1.13 bits per heavy atom. The highest BCUT2D eigenvalue weighted by molar-refractivity contribution is 5.30. The number of benzene rings is 1. The molecule has 0 aromatic heterocycles. The van der Waals surface area contributed by atoms with Crippen LogP contribution in [0, 0.1) is 13.8 Å². The molecule has 1 rings (SSSR count). The van der Waals surface area contributed by atoms with Gasteiger partial charge >= 0.3 is 6.18 Å². The predicted molar refractivity (Wildman–Crippen MR) is 54.9 cm³/mol. The molecule has 0 heterocycles. The number of halogens is 3. The Kier molecular flexibility index (Phi) is 3.77. The van der Waals surface area contributed by atoms with Crippen molar-refractivity contribution in [3.05, 3.63) is 34.9 Å². The second-order valence-corrected chi connectivity index (χ2v) is 3.90. The van der Waals surface area contributed by atoms with Gasteiger partial charge in [0.2, 0.25) is 0 Å². The second-order valence-electron chi connectivity index (χ2n) is 3.90. The fourth-order valence-corrected chi connectivity index (χ4v) is 1.61. The lowest BCUT2D eigenvalue weighted by molar-refractivity contribution is -0.135. The van der Waals surface area contributed by atoms with Gasteiger partial charge in [-0.3, -0.25) is 0 Å². The molecule has 1 aromatic carbocycles. The van der Waals surface area contributed by atoms with Crippen molar-refractivity contribution >= 4 is 0 Å². The fraction of sp³-hybridized carbons (Fsp3) is 0.500. The first-order valence-electron chi connectivity index (χ1n) is 5.01. The molecule has 0 aliphatic rings. The Labute approximate surface area is 88.1 Å². The summed E-state index contributed by atoms with van der Waals surface area (Å²) in [5, 5.41) is 0. The monoisotopic (exact) mass is 216 g/mol. The van der Waals surface area contributed by atoms with Gasteiger partial charge in [-0.15, -0.1) is 0 Å². The van der Waals surface area contributed by atoms with E-state index in [0.29, 0.717) is 6.42 Å². The summed E-state index contributed by atoms with van der Waals surface area (Å²) in [4.78, 5) is 0. The average molecular weight is 216 g/mol. The van der Waals surface area contributed by atoms with E-state index in [4.69, 9.17) is 0 Å². The van der Waals surface area contributed by atoms with E-state index in [-0.39, 0.29) is 6.42 Å². The quantitative estimate of drug-likeness (QED) is 0.710. The summed E-state index contributed by atoms with van der Waals surface area (Å²) in [6.07, 6.45) is -4.04. The zero-order chi connectivity index (χ0) is 11.5. The molecule has 0 bridgehead atoms. The van der Waals surface area contributed by atoms with Crippen molar-refractivity contribution < 1.29 is 13.2 Å². The maximum absolute atomic E-state index is 11.9. The van der Waals surface area contributed by atoms with E-state index >= 15 is 0 Å². The van der Waals surface area contributed by atoms with E-state index in [9.17, 15) is 13.2 Å². The van der Waals surface area contributed by atoms with Crippen molar-refractivity contribution in [3.8, 4) is 0 Å². The predicted octanol–water partition coefficient (Wildman–Crippen LogP) is 4.19. The van der Waals surface area contributed by atoms with Crippen LogP contribution in [0.25, 0.3) is 0 Å². The van der Waals surface area contributed by atoms with Gasteiger partial charge in [0.25, 0.3) is 0 Å². The number of aryl methyl sites for hydroxylation is 3. The molecule has 0 nitrogen and oxygen atoms in total. The number of hydrogen-bond acceptors (Lipinski definition) is 0. The third-order valence-electron chi connectivity index (χ3n) is 2.40. The van der Waals surface area contributed by atoms with Crippen molar-refractivity contribution in [2.24, 2.45) is 0 Å². The lowest BCUT2D eigenvalue weighted by Crippen LogP contribution is -2.07. The molecular weight excluding hydrogens is 201 g/mol. The van der Waals surface area contributed by atoms with E-state index in [1.165, 1.54) is 0 Å². The van der Waals surface area contributed by atoms with Crippen molar-refractivity contribution in [3.63, 3.8) is 0 Å². The van der Waals surface area contributed by atoms with Gasteiger partial charge in [-0.25, -0.2) is 0 Å². The lowest BCUT2D eigenvalue weighted by Gasteiger charge is -2.08. The number of hydrogen-bond donors (Lipinski definition) is 0. The molecule has 0 aliphatic heterocycles. The minimum Gasteiger partial charge on any atom is -0.171 e. The first kappa shape index (κ1) is 12.1. The average Bonchev–Trinajstić information content (AvgIpc) is 2.07. The van der Waals surface area contributed by atoms with E-state index in [0.717, 1.165) is 16.7 Å². The van der Waals surface area contributed by atoms with Gasteiger partial charge in [-0.05, 0) is 37.8 Å². The van der Waals surface area contributed by atoms with Crippen LogP contribution in [0.15, 0.2) is 18.2 Å². The van der Waals surface area contributed by atoms with Crippen molar-refractivity contribution in [1.29, 1.82) is 0 Å². The van der Waals surface area contributed by atoms with Gasteiger partial charge in [-0.1, -0.05) is 23.8 Å². The van der Waals surface area contributed by atoms with Crippen LogP contribution in [-0.4, -0.2) is 6.18 Å². The maximum atomic E-state index is 11.9. The van der Waals surface area contributed by atoms with Gasteiger partial charge in [0.1, 0.15) is 0 Å². The Balaban J connectivity index is 2.51. The van der Waals surface area contributed by atoms with E-state index in [1.54, 1.807) is 0 Å². The molecule has 0 spiro atoms. The highest BCUT2D eigenvalue weighted by Gasteiger charge is 2.25. The summed E-state index contributed by atoms with van der Waals surface area (Å²) >= 11 is 0. The molecule has 0 saturated carbocycles. The van der Waals surface area contributed by atoms with Crippen LogP contribution in [0.1, 0.15) is 29.5 Å². The molecule has 0 N–H and O–H groups in total. The summed E-state index contributed by atoms with van der Waals surface area (Å²) in [5.41, 5.74) is 3.24. The van der Waals surface area contributed by atoms with Gasteiger partial charge in [-0.2, -0.15) is 13.2 Å². The summed E-state index contributed by atoms with van der Waals surface area (Å²) < 4.78 is 35.8. The van der Waals surface area contributed by atoms with Gasteiger partial charge in [0, 0.05) is 6.42 Å². The maximum Gasteiger partial charge on any atom is 0.389 e. The van der Waals surface area contributed by atoms with Crippen LogP contribution < -0.4 is 0 Å². The topological polar surface area (TPSA) is 0 Å². The van der Waals surface area contributed by atoms with Crippen LogP contribution in [0.2, 0.25) is 0 Å². The molecular formula is C12H15F3. The van der Waals surface area contributed by atoms with Crippen molar-refractivity contribution in [2.75, 3.05) is 0 Å². The van der Waals surface area contributed by atoms with E-state index < -0.39 is 12.6 Å². The zero-order valence-corrected chi connectivity index (χ0v) is 8.99. The summed E-state index contributed by atoms with van der Waals surface area (Å²) in [6.45, 7) is 3.92. The van der Waals surface area contributed by atoms with Gasteiger partial charge in [0.15, 0.2) is 0 Å². The molecule has 3 heteroatoms. The van der Waals surface area contributed by atoms with E-state index in [2.05, 4.69) is 0 Å². The normalized spacial score (nSPS) is 11.8. The summed E-state index contributed by atoms with van der Waals surface area (Å²) in [5.74, 6) is 0. The smallest absolute Gasteiger partial charge is 0.171 e. The Morgan fingerprint density at radius 3 is 2.33 bits per heavy atom. The highest BCUT2D eigenvalue weighted by atomic mass is 19.4. The molecule has 0 atom stereocenters. The minimum absolute atomic E-state index is 0.174. The van der Waals surface area contributed by atoms with Crippen molar-refractivity contribution in [1.82, 2.24) is 0 Å². The van der Waals surface area contributed by atoms with Crippen LogP contribution in [0.4, 0.5) is 13.2 Å². The molecule has 0 fully saturated rings. The summed E-state index contributed by atoms with van der Waals surface area (Å²) in [7, 11) is 0. The van der Waals surface area contributed by atoms with Crippen LogP contribution in [-0.2, 0) is 6.42 Å². The second kappa shape index (κ2) is 4.69. The fourth-order valence-electron chi connectivity index (χ4n) is 1.61. The Hall–Kier alpha value is -0.990. The SMILES string of the molecule is Cc1ccc(CCCC(F)(F)F)c(C)c1. The molecule has 1 aromatic rings. The largest absolute Gasteiger partial charge is 0.389 e. The minimum atomic E-state index is -4.03. The first-order valence-corrected chi connectivity index (χ1v) is 5.01. The van der Waals surface area contributed by atoms with Crippen LogP contribution >= 0.6 is 0 Å². The third-order valence-corrected chi connectivity index (χ3v) is 2.40. The lowest BCUT2D eigenvalue weighted by atomic mass is 10.0.